The number of hydrogen-bond donors (Lipinski definition) is 0. The first-order valence-corrected chi connectivity index (χ1v) is 7.01. The van der Waals surface area contributed by atoms with E-state index in [0.29, 0.717) is 0 Å². The van der Waals surface area contributed by atoms with Gasteiger partial charge in [0.25, 0.3) is 0 Å². The molecule has 2 heteroatoms. The molecule has 2 heterocycles. The average Bonchev–Trinajstić information content (AvgIpc) is 2.14. The van der Waals surface area contributed by atoms with Crippen molar-refractivity contribution in [3.63, 3.8) is 0 Å². The van der Waals surface area contributed by atoms with Crippen LogP contribution in [0.25, 0.3) is 0 Å². The molecule has 2 aliphatic rings. The number of likely N-dealkylation sites (tertiary alicyclic amines) is 2. The molecule has 0 spiro atoms. The maximum Gasteiger partial charge on any atom is 0.00388 e. The third kappa shape index (κ3) is 2.98. The van der Waals surface area contributed by atoms with Crippen LogP contribution < -0.4 is 0 Å². The van der Waals surface area contributed by atoms with Crippen LogP contribution >= 0.6 is 0 Å². The Kier molecular flexibility index (Phi) is 3.91. The quantitative estimate of drug-likeness (QED) is 0.726. The van der Waals surface area contributed by atoms with Gasteiger partial charge in [-0.3, -0.25) is 0 Å². The van der Waals surface area contributed by atoms with Gasteiger partial charge in [-0.1, -0.05) is 13.8 Å². The molecule has 16 heavy (non-hydrogen) atoms. The van der Waals surface area contributed by atoms with Gasteiger partial charge in [-0.2, -0.15) is 0 Å². The third-order valence-corrected chi connectivity index (χ3v) is 4.04. The predicted molar refractivity (Wildman–Crippen MR) is 69.6 cm³/mol. The summed E-state index contributed by atoms with van der Waals surface area (Å²) in [5, 5.41) is 0. The average molecular weight is 224 g/mol. The molecule has 2 fully saturated rings. The Morgan fingerprint density at radius 2 is 1.50 bits per heavy atom. The molecular weight excluding hydrogens is 196 g/mol. The summed E-state index contributed by atoms with van der Waals surface area (Å²) in [5.41, 5.74) is 0. The highest BCUT2D eigenvalue weighted by molar-refractivity contribution is 4.88. The first kappa shape index (κ1) is 12.4. The first-order chi connectivity index (χ1) is 7.54. The molecule has 0 saturated carbocycles. The lowest BCUT2D eigenvalue weighted by atomic mass is 9.84. The Hall–Kier alpha value is -0.0800. The Balaban J connectivity index is 1.89. The molecule has 0 aromatic carbocycles. The summed E-state index contributed by atoms with van der Waals surface area (Å²) in [6.07, 6.45) is 1.48. The van der Waals surface area contributed by atoms with E-state index in [-0.39, 0.29) is 0 Å². The molecule has 2 aliphatic heterocycles. The largest absolute Gasteiger partial charge is 0.302 e. The fourth-order valence-corrected chi connectivity index (χ4v) is 3.51. The first-order valence-electron chi connectivity index (χ1n) is 7.01. The highest BCUT2D eigenvalue weighted by Gasteiger charge is 2.34. The van der Waals surface area contributed by atoms with Crippen LogP contribution in [0.1, 0.15) is 34.1 Å². The van der Waals surface area contributed by atoms with Crippen LogP contribution in [0.5, 0.6) is 0 Å². The highest BCUT2D eigenvalue weighted by atomic mass is 15.2. The molecule has 94 valence electrons. The molecule has 2 unspecified atom stereocenters. The summed E-state index contributed by atoms with van der Waals surface area (Å²) in [5.74, 6) is 2.70. The van der Waals surface area contributed by atoms with Crippen molar-refractivity contribution >= 4 is 0 Å². The second kappa shape index (κ2) is 5.05. The van der Waals surface area contributed by atoms with Crippen molar-refractivity contribution in [1.29, 1.82) is 0 Å². The van der Waals surface area contributed by atoms with E-state index in [2.05, 4.69) is 37.5 Å². The SMILES string of the molecule is CC(C)CN1CC2CC(C1)CN(C(C)C)C2. The van der Waals surface area contributed by atoms with Crippen molar-refractivity contribution < 1.29 is 0 Å². The number of piperidine rings is 2. The van der Waals surface area contributed by atoms with E-state index < -0.39 is 0 Å². The molecule has 0 radical (unpaired) electrons. The molecule has 0 aromatic heterocycles. The van der Waals surface area contributed by atoms with Gasteiger partial charge in [0.1, 0.15) is 0 Å². The fraction of sp³-hybridized carbons (Fsp3) is 1.00. The van der Waals surface area contributed by atoms with Crippen LogP contribution in [0, 0.1) is 17.8 Å². The van der Waals surface area contributed by atoms with Crippen LogP contribution in [0.4, 0.5) is 0 Å². The Morgan fingerprint density at radius 1 is 0.938 bits per heavy atom. The number of fused-ring (bicyclic) bond motifs is 2. The van der Waals surface area contributed by atoms with Crippen molar-refractivity contribution in [3.8, 4) is 0 Å². The van der Waals surface area contributed by atoms with Crippen molar-refractivity contribution in [1.82, 2.24) is 9.80 Å². The number of nitrogens with zero attached hydrogens (tertiary/aromatic N) is 2. The van der Waals surface area contributed by atoms with E-state index in [1.54, 1.807) is 0 Å². The molecule has 2 saturated heterocycles. The topological polar surface area (TPSA) is 6.48 Å². The van der Waals surface area contributed by atoms with Gasteiger partial charge in [0, 0.05) is 38.8 Å². The summed E-state index contributed by atoms with van der Waals surface area (Å²) in [4.78, 5) is 5.40. The zero-order chi connectivity index (χ0) is 11.7. The summed E-state index contributed by atoms with van der Waals surface area (Å²) >= 11 is 0. The molecule has 2 nitrogen and oxygen atoms in total. The van der Waals surface area contributed by atoms with Crippen molar-refractivity contribution in [2.45, 2.75) is 40.2 Å². The summed E-state index contributed by atoms with van der Waals surface area (Å²) in [6, 6.07) is 0.738. The summed E-state index contributed by atoms with van der Waals surface area (Å²) in [6.45, 7) is 16.0. The minimum absolute atomic E-state index is 0.738. The second-order valence-corrected chi connectivity index (χ2v) is 6.63. The smallest absolute Gasteiger partial charge is 0.00388 e. The van der Waals surface area contributed by atoms with E-state index >= 15 is 0 Å². The van der Waals surface area contributed by atoms with Crippen molar-refractivity contribution in [2.75, 3.05) is 32.7 Å². The highest BCUT2D eigenvalue weighted by Crippen LogP contribution is 2.29. The number of hydrogen-bond acceptors (Lipinski definition) is 2. The summed E-state index contributed by atoms with van der Waals surface area (Å²) in [7, 11) is 0. The van der Waals surface area contributed by atoms with Crippen LogP contribution in [0.2, 0.25) is 0 Å². The standard InChI is InChI=1S/C14H28N2/c1-11(2)6-15-7-13-5-14(8-15)10-16(9-13)12(3)4/h11-14H,5-10H2,1-4H3. The fourth-order valence-electron chi connectivity index (χ4n) is 3.51. The van der Waals surface area contributed by atoms with E-state index in [0.717, 1.165) is 23.8 Å². The van der Waals surface area contributed by atoms with Crippen LogP contribution in [-0.2, 0) is 0 Å². The molecule has 2 rings (SSSR count). The van der Waals surface area contributed by atoms with Crippen LogP contribution in [0.3, 0.4) is 0 Å². The van der Waals surface area contributed by atoms with E-state index in [9.17, 15) is 0 Å². The normalized spacial score (nSPS) is 32.6. The Labute approximate surface area is 101 Å². The van der Waals surface area contributed by atoms with E-state index in [4.69, 9.17) is 0 Å². The Bertz CT molecular complexity index is 211. The van der Waals surface area contributed by atoms with Gasteiger partial charge in [-0.25, -0.2) is 0 Å². The monoisotopic (exact) mass is 224 g/mol. The summed E-state index contributed by atoms with van der Waals surface area (Å²) < 4.78 is 0. The zero-order valence-electron chi connectivity index (χ0n) is 11.4. The molecule has 2 bridgehead atoms. The van der Waals surface area contributed by atoms with Gasteiger partial charge < -0.3 is 9.80 Å². The van der Waals surface area contributed by atoms with Crippen molar-refractivity contribution in [2.24, 2.45) is 17.8 Å². The molecule has 0 amide bonds. The van der Waals surface area contributed by atoms with Gasteiger partial charge in [0.15, 0.2) is 0 Å². The lowest BCUT2D eigenvalue weighted by molar-refractivity contribution is 0.0135. The molecule has 0 N–H and O–H groups in total. The lowest BCUT2D eigenvalue weighted by Crippen LogP contribution is -2.54. The maximum atomic E-state index is 2.71. The number of rotatable bonds is 3. The Morgan fingerprint density at radius 3 is 1.94 bits per heavy atom. The molecule has 0 aliphatic carbocycles. The van der Waals surface area contributed by atoms with Gasteiger partial charge >= 0.3 is 0 Å². The van der Waals surface area contributed by atoms with Crippen LogP contribution in [0.15, 0.2) is 0 Å². The molecular formula is C14H28N2. The van der Waals surface area contributed by atoms with Gasteiger partial charge in [0.2, 0.25) is 0 Å². The molecule has 2 atom stereocenters. The molecule has 0 aromatic rings. The predicted octanol–water partition coefficient (Wildman–Crippen LogP) is 2.30. The second-order valence-electron chi connectivity index (χ2n) is 6.63. The minimum atomic E-state index is 0.738. The van der Waals surface area contributed by atoms with Gasteiger partial charge in [-0.15, -0.1) is 0 Å². The lowest BCUT2D eigenvalue weighted by Gasteiger charge is -2.47. The van der Waals surface area contributed by atoms with Gasteiger partial charge in [-0.05, 0) is 38.0 Å². The third-order valence-electron chi connectivity index (χ3n) is 4.04. The van der Waals surface area contributed by atoms with Crippen LogP contribution in [-0.4, -0.2) is 48.6 Å². The van der Waals surface area contributed by atoms with E-state index in [1.807, 2.05) is 0 Å². The zero-order valence-corrected chi connectivity index (χ0v) is 11.4. The minimum Gasteiger partial charge on any atom is -0.302 e. The van der Waals surface area contributed by atoms with Crippen molar-refractivity contribution in [3.05, 3.63) is 0 Å². The maximum absolute atomic E-state index is 2.71. The van der Waals surface area contributed by atoms with Gasteiger partial charge in [0.05, 0.1) is 0 Å². The van der Waals surface area contributed by atoms with E-state index in [1.165, 1.54) is 39.1 Å².